The van der Waals surface area contributed by atoms with Crippen LogP contribution in [0.15, 0.2) is 24.5 Å². The van der Waals surface area contributed by atoms with Gasteiger partial charge in [-0.15, -0.1) is 11.3 Å². The lowest BCUT2D eigenvalue weighted by molar-refractivity contribution is 0.885. The molecule has 0 spiro atoms. The van der Waals surface area contributed by atoms with Crippen LogP contribution in [0, 0.1) is 11.3 Å². The van der Waals surface area contributed by atoms with Crippen LogP contribution in [0.5, 0.6) is 0 Å². The molecule has 3 heterocycles. The summed E-state index contributed by atoms with van der Waals surface area (Å²) in [6, 6.07) is 6.10. The van der Waals surface area contributed by atoms with Crippen LogP contribution in [0.25, 0.3) is 21.6 Å². The maximum atomic E-state index is 8.91. The lowest BCUT2D eigenvalue weighted by Crippen LogP contribution is -2.20. The van der Waals surface area contributed by atoms with Crippen molar-refractivity contribution in [3.05, 3.63) is 35.0 Å². The molecule has 0 saturated heterocycles. The van der Waals surface area contributed by atoms with E-state index in [1.807, 2.05) is 19.2 Å². The first-order valence-corrected chi connectivity index (χ1v) is 8.90. The van der Waals surface area contributed by atoms with Gasteiger partial charge in [0.25, 0.3) is 0 Å². The zero-order chi connectivity index (χ0) is 16.5. The number of pyridine rings is 1. The average Bonchev–Trinajstić information content (AvgIpc) is 3.20. The number of nitriles is 1. The van der Waals surface area contributed by atoms with Gasteiger partial charge in [-0.25, -0.2) is 9.97 Å². The van der Waals surface area contributed by atoms with E-state index in [1.165, 1.54) is 22.2 Å². The van der Waals surface area contributed by atoms with Crippen LogP contribution < -0.4 is 4.90 Å². The van der Waals surface area contributed by atoms with Gasteiger partial charge in [-0.2, -0.15) is 5.26 Å². The number of hydrogen-bond acceptors (Lipinski definition) is 6. The summed E-state index contributed by atoms with van der Waals surface area (Å²) in [4.78, 5) is 18.4. The smallest absolute Gasteiger partial charge is 0.164 e. The van der Waals surface area contributed by atoms with Crippen LogP contribution >= 0.6 is 11.3 Å². The molecule has 120 valence electrons. The van der Waals surface area contributed by atoms with E-state index < -0.39 is 0 Å². The van der Waals surface area contributed by atoms with E-state index in [0.29, 0.717) is 18.8 Å². The molecule has 0 unspecified atom stereocenters. The third kappa shape index (κ3) is 2.51. The predicted octanol–water partition coefficient (Wildman–Crippen LogP) is 3.59. The van der Waals surface area contributed by atoms with Gasteiger partial charge in [0.05, 0.1) is 17.9 Å². The minimum Gasteiger partial charge on any atom is -0.358 e. The van der Waals surface area contributed by atoms with Gasteiger partial charge in [0.15, 0.2) is 5.82 Å². The molecular formula is C18H17N5S. The minimum absolute atomic E-state index is 0.483. The normalized spacial score (nSPS) is 13.0. The van der Waals surface area contributed by atoms with E-state index in [-0.39, 0.29) is 0 Å². The molecule has 0 aliphatic heterocycles. The van der Waals surface area contributed by atoms with E-state index in [0.717, 1.165) is 29.1 Å². The Kier molecular flexibility index (Phi) is 3.87. The summed E-state index contributed by atoms with van der Waals surface area (Å²) in [5, 5.41) is 10.1. The largest absolute Gasteiger partial charge is 0.358 e. The highest BCUT2D eigenvalue weighted by atomic mass is 32.1. The van der Waals surface area contributed by atoms with Crippen molar-refractivity contribution in [3.63, 3.8) is 0 Å². The summed E-state index contributed by atoms with van der Waals surface area (Å²) in [5.41, 5.74) is 2.33. The molecule has 0 bridgehead atoms. The van der Waals surface area contributed by atoms with Crippen LogP contribution in [-0.2, 0) is 12.8 Å². The van der Waals surface area contributed by atoms with E-state index in [4.69, 9.17) is 15.2 Å². The van der Waals surface area contributed by atoms with Crippen LogP contribution in [0.1, 0.15) is 23.3 Å². The second kappa shape index (κ2) is 6.17. The number of anilines is 1. The van der Waals surface area contributed by atoms with Gasteiger partial charge in [-0.3, -0.25) is 4.98 Å². The van der Waals surface area contributed by atoms with Gasteiger partial charge in [0, 0.05) is 36.4 Å². The number of fused-ring (bicyclic) bond motifs is 3. The van der Waals surface area contributed by atoms with Gasteiger partial charge in [0.2, 0.25) is 0 Å². The Morgan fingerprint density at radius 3 is 3.04 bits per heavy atom. The van der Waals surface area contributed by atoms with Gasteiger partial charge in [-0.1, -0.05) is 0 Å². The second-order valence-corrected chi connectivity index (χ2v) is 7.06. The van der Waals surface area contributed by atoms with Gasteiger partial charge in [-0.05, 0) is 37.0 Å². The monoisotopic (exact) mass is 335 g/mol. The molecule has 3 aromatic rings. The molecule has 0 aromatic carbocycles. The molecule has 0 fully saturated rings. The molecule has 5 nitrogen and oxygen atoms in total. The maximum Gasteiger partial charge on any atom is 0.164 e. The Morgan fingerprint density at radius 1 is 1.33 bits per heavy atom. The highest BCUT2D eigenvalue weighted by Crippen LogP contribution is 2.41. The van der Waals surface area contributed by atoms with Gasteiger partial charge >= 0.3 is 0 Å². The van der Waals surface area contributed by atoms with E-state index >= 15 is 0 Å². The molecular weight excluding hydrogens is 318 g/mol. The van der Waals surface area contributed by atoms with Crippen molar-refractivity contribution >= 4 is 27.4 Å². The van der Waals surface area contributed by atoms with E-state index in [9.17, 15) is 0 Å². The molecule has 3 aromatic heterocycles. The first-order valence-electron chi connectivity index (χ1n) is 8.08. The first kappa shape index (κ1) is 15.0. The molecule has 6 heteroatoms. The van der Waals surface area contributed by atoms with Gasteiger partial charge < -0.3 is 4.90 Å². The van der Waals surface area contributed by atoms with Gasteiger partial charge in [0.1, 0.15) is 10.6 Å². The summed E-state index contributed by atoms with van der Waals surface area (Å²) in [7, 11) is 2.01. The number of hydrogen-bond donors (Lipinski definition) is 0. The van der Waals surface area contributed by atoms with Crippen molar-refractivity contribution in [2.24, 2.45) is 0 Å². The third-order valence-electron chi connectivity index (χ3n) is 4.39. The summed E-state index contributed by atoms with van der Waals surface area (Å²) in [6.45, 7) is 0.666. The minimum atomic E-state index is 0.483. The molecule has 0 radical (unpaired) electrons. The third-order valence-corrected chi connectivity index (χ3v) is 5.57. The molecule has 0 N–H and O–H groups in total. The standard InChI is InChI=1S/C18H17N5S/c1-23(10-4-8-19)17-15-13-6-2-7-14(13)24-18(15)22-16(21-17)12-5-3-9-20-11-12/h3,5,9,11H,2,4,6-7,10H2,1H3. The summed E-state index contributed by atoms with van der Waals surface area (Å²) in [5.74, 6) is 1.64. The average molecular weight is 335 g/mol. The Morgan fingerprint density at radius 2 is 2.25 bits per heavy atom. The lowest BCUT2D eigenvalue weighted by atomic mass is 10.1. The molecule has 0 amide bonds. The number of rotatable bonds is 4. The zero-order valence-corrected chi connectivity index (χ0v) is 14.3. The van der Waals surface area contributed by atoms with Crippen LogP contribution in [-0.4, -0.2) is 28.5 Å². The van der Waals surface area contributed by atoms with Crippen molar-refractivity contribution in [2.75, 3.05) is 18.5 Å². The van der Waals surface area contributed by atoms with Crippen LogP contribution in [0.2, 0.25) is 0 Å². The lowest BCUT2D eigenvalue weighted by Gasteiger charge is -2.19. The SMILES string of the molecule is CN(CCC#N)c1nc(-c2cccnc2)nc2sc3c(c12)CCC3. The first-order chi connectivity index (χ1) is 11.8. The second-order valence-electron chi connectivity index (χ2n) is 5.98. The number of aromatic nitrogens is 3. The fourth-order valence-corrected chi connectivity index (χ4v) is 4.46. The van der Waals surface area contributed by atoms with Crippen LogP contribution in [0.4, 0.5) is 5.82 Å². The quantitative estimate of drug-likeness (QED) is 0.729. The van der Waals surface area contributed by atoms with Crippen molar-refractivity contribution < 1.29 is 0 Å². The number of nitrogens with zero attached hydrogens (tertiary/aromatic N) is 5. The number of aryl methyl sites for hydroxylation is 2. The predicted molar refractivity (Wildman–Crippen MR) is 96.2 cm³/mol. The topological polar surface area (TPSA) is 65.7 Å². The summed E-state index contributed by atoms with van der Waals surface area (Å²) < 4.78 is 0. The van der Waals surface area contributed by atoms with Crippen molar-refractivity contribution in [3.8, 4) is 17.5 Å². The fourth-order valence-electron chi connectivity index (χ4n) is 3.20. The zero-order valence-electron chi connectivity index (χ0n) is 13.5. The molecule has 24 heavy (non-hydrogen) atoms. The van der Waals surface area contributed by atoms with Crippen molar-refractivity contribution in [2.45, 2.75) is 25.7 Å². The highest BCUT2D eigenvalue weighted by molar-refractivity contribution is 7.19. The molecule has 1 aliphatic carbocycles. The van der Waals surface area contributed by atoms with Crippen LogP contribution in [0.3, 0.4) is 0 Å². The Bertz CT molecular complexity index is 926. The number of thiophene rings is 1. The Labute approximate surface area is 144 Å². The van der Waals surface area contributed by atoms with Crippen molar-refractivity contribution in [1.82, 2.24) is 15.0 Å². The van der Waals surface area contributed by atoms with E-state index in [2.05, 4.69) is 16.0 Å². The maximum absolute atomic E-state index is 8.91. The Balaban J connectivity index is 1.91. The summed E-state index contributed by atoms with van der Waals surface area (Å²) >= 11 is 1.79. The molecule has 4 rings (SSSR count). The highest BCUT2D eigenvalue weighted by Gasteiger charge is 2.24. The summed E-state index contributed by atoms with van der Waals surface area (Å²) in [6.07, 6.45) is 7.48. The molecule has 1 aliphatic rings. The van der Waals surface area contributed by atoms with E-state index in [1.54, 1.807) is 23.7 Å². The van der Waals surface area contributed by atoms with Crippen molar-refractivity contribution in [1.29, 1.82) is 5.26 Å². The molecule has 0 saturated carbocycles. The fraction of sp³-hybridized carbons (Fsp3) is 0.333. The Hall–Kier alpha value is -2.52. The molecule has 0 atom stereocenters.